The van der Waals surface area contributed by atoms with Gasteiger partial charge in [0, 0.05) is 0 Å². The zero-order valence-electron chi connectivity index (χ0n) is 20.8. The van der Waals surface area contributed by atoms with Crippen LogP contribution >= 0.6 is 0 Å². The van der Waals surface area contributed by atoms with E-state index in [9.17, 15) is 19.5 Å². The minimum Gasteiger partial charge on any atom is -0.544 e. The van der Waals surface area contributed by atoms with Crippen LogP contribution in [-0.2, 0) is 14.4 Å². The van der Waals surface area contributed by atoms with E-state index in [4.69, 9.17) is 10.2 Å². The predicted octanol–water partition coefficient (Wildman–Crippen LogP) is 4.54. The first-order chi connectivity index (χ1) is 15.8. The van der Waals surface area contributed by atoms with Gasteiger partial charge in [0.25, 0.3) is 0 Å². The number of aliphatic carboxylic acids is 3. The van der Waals surface area contributed by atoms with E-state index in [1.165, 1.54) is 70.6 Å². The van der Waals surface area contributed by atoms with E-state index >= 15 is 0 Å². The predicted molar refractivity (Wildman–Crippen MR) is 129 cm³/mol. The second kappa shape index (κ2) is 20.7. The van der Waals surface area contributed by atoms with E-state index < -0.39 is 42.0 Å². The number of rotatable bonds is 24. The third-order valence-electron chi connectivity index (χ3n) is 6.05. The molecule has 0 radical (unpaired) electrons. The van der Waals surface area contributed by atoms with Gasteiger partial charge in [-0.2, -0.15) is 0 Å². The molecule has 0 rings (SSSR count). The fourth-order valence-corrected chi connectivity index (χ4v) is 4.30. The molecule has 7 nitrogen and oxygen atoms in total. The lowest BCUT2D eigenvalue weighted by atomic mass is 10.1. The third kappa shape index (κ3) is 20.4. The summed E-state index contributed by atoms with van der Waals surface area (Å²) in [6.07, 6.45) is 23.5. The minimum absolute atomic E-state index is 0.203. The van der Waals surface area contributed by atoms with Gasteiger partial charge >= 0.3 is 11.9 Å². The van der Waals surface area contributed by atoms with Crippen molar-refractivity contribution in [3.05, 3.63) is 12.2 Å². The van der Waals surface area contributed by atoms with Gasteiger partial charge in [0.1, 0.15) is 6.54 Å². The number of allylic oxidation sites excluding steroid dienone is 2. The summed E-state index contributed by atoms with van der Waals surface area (Å²) in [5.74, 6) is -3.84. The number of unbranched alkanes of at least 4 members (excludes halogenated alkanes) is 14. The number of carboxylic acids is 3. The second-order valence-electron chi connectivity index (χ2n) is 9.34. The smallest absolute Gasteiger partial charge is 0.359 e. The van der Waals surface area contributed by atoms with Crippen molar-refractivity contribution in [3.8, 4) is 0 Å². The number of hydrogen-bond donors (Lipinski definition) is 2. The summed E-state index contributed by atoms with van der Waals surface area (Å²) < 4.78 is -0.512. The maximum atomic E-state index is 11.1. The van der Waals surface area contributed by atoms with Crippen LogP contribution in [0.3, 0.4) is 0 Å². The zero-order valence-corrected chi connectivity index (χ0v) is 20.8. The van der Waals surface area contributed by atoms with E-state index in [1.54, 1.807) is 0 Å². The zero-order chi connectivity index (χ0) is 24.8. The molecule has 0 aliphatic rings. The molecule has 0 saturated carbocycles. The van der Waals surface area contributed by atoms with Crippen molar-refractivity contribution in [2.24, 2.45) is 0 Å². The molecule has 0 aromatic heterocycles. The molecule has 0 fully saturated rings. The maximum absolute atomic E-state index is 11.1. The van der Waals surface area contributed by atoms with Crippen molar-refractivity contribution in [1.29, 1.82) is 0 Å². The first kappa shape index (κ1) is 31.1. The fraction of sp³-hybridized carbons (Fsp3) is 0.808. The molecule has 0 saturated heterocycles. The van der Waals surface area contributed by atoms with Crippen LogP contribution in [0.25, 0.3) is 0 Å². The van der Waals surface area contributed by atoms with Crippen LogP contribution in [0, 0.1) is 0 Å². The van der Waals surface area contributed by atoms with Gasteiger partial charge in [-0.3, -0.25) is 0 Å². The van der Waals surface area contributed by atoms with Crippen LogP contribution in [0.2, 0.25) is 0 Å². The molecule has 0 heterocycles. The molecule has 0 aliphatic carbocycles. The fourth-order valence-electron chi connectivity index (χ4n) is 4.30. The number of carbonyl (C=O) groups is 3. The van der Waals surface area contributed by atoms with Crippen LogP contribution in [0.4, 0.5) is 0 Å². The number of carboxylic acid groups (broad SMARTS) is 3. The Morgan fingerprint density at radius 3 is 1.42 bits per heavy atom. The van der Waals surface area contributed by atoms with Gasteiger partial charge in [-0.1, -0.05) is 83.3 Å². The molecule has 0 atom stereocenters. The highest BCUT2D eigenvalue weighted by Crippen LogP contribution is 2.13. The first-order valence-corrected chi connectivity index (χ1v) is 12.9. The van der Waals surface area contributed by atoms with Crippen molar-refractivity contribution in [1.82, 2.24) is 0 Å². The molecule has 0 aromatic rings. The van der Waals surface area contributed by atoms with Crippen LogP contribution in [0.15, 0.2) is 12.2 Å². The number of carbonyl (C=O) groups excluding carboxylic acids is 1. The van der Waals surface area contributed by atoms with Gasteiger partial charge < -0.3 is 24.6 Å². The summed E-state index contributed by atoms with van der Waals surface area (Å²) in [7, 11) is 0. The minimum atomic E-state index is -1.43. The molecule has 192 valence electrons. The Hall–Kier alpha value is -1.89. The highest BCUT2D eigenvalue weighted by Gasteiger charge is 2.33. The molecule has 0 unspecified atom stereocenters. The van der Waals surface area contributed by atoms with Gasteiger partial charge in [0.2, 0.25) is 0 Å². The summed E-state index contributed by atoms with van der Waals surface area (Å²) >= 11 is 0. The van der Waals surface area contributed by atoms with E-state index in [-0.39, 0.29) is 6.54 Å². The monoisotopic (exact) mass is 469 g/mol. The lowest BCUT2D eigenvalue weighted by molar-refractivity contribution is -0.909. The standard InChI is InChI=1S/C26H47NO6/c1-2-3-4-5-6-7-8-9-10-11-12-13-14-15-16-17-18-19-20-27(21-24(28)29,22-25(30)31)23-26(32)33/h14-15H,2-13,16-23H2,1H3,(H2-,28,29,30,31,32,33)/b15-14+. The lowest BCUT2D eigenvalue weighted by Gasteiger charge is -2.36. The average Bonchev–Trinajstić information content (AvgIpc) is 2.71. The molecule has 0 aromatic carbocycles. The van der Waals surface area contributed by atoms with Crippen molar-refractivity contribution in [2.45, 2.75) is 110 Å². The van der Waals surface area contributed by atoms with Gasteiger partial charge in [0.15, 0.2) is 13.1 Å². The van der Waals surface area contributed by atoms with Crippen LogP contribution in [0.5, 0.6) is 0 Å². The Balaban J connectivity index is 3.84. The van der Waals surface area contributed by atoms with Crippen molar-refractivity contribution in [2.75, 3.05) is 26.2 Å². The molecule has 33 heavy (non-hydrogen) atoms. The van der Waals surface area contributed by atoms with E-state index in [0.29, 0.717) is 6.42 Å². The Morgan fingerprint density at radius 2 is 1.03 bits per heavy atom. The van der Waals surface area contributed by atoms with Crippen molar-refractivity contribution < 1.29 is 34.2 Å². The highest BCUT2D eigenvalue weighted by molar-refractivity contribution is 5.72. The van der Waals surface area contributed by atoms with Crippen LogP contribution in [0.1, 0.15) is 110 Å². The van der Waals surface area contributed by atoms with Gasteiger partial charge in [-0.15, -0.1) is 0 Å². The number of nitrogens with zero attached hydrogens (tertiary/aromatic N) is 1. The molecular weight excluding hydrogens is 422 g/mol. The highest BCUT2D eigenvalue weighted by atomic mass is 16.4. The summed E-state index contributed by atoms with van der Waals surface area (Å²) in [5, 5.41) is 29.2. The molecule has 0 amide bonds. The molecule has 0 bridgehead atoms. The molecule has 7 heteroatoms. The Labute approximate surface area is 200 Å². The maximum Gasteiger partial charge on any atom is 0.359 e. The summed E-state index contributed by atoms with van der Waals surface area (Å²) in [5.41, 5.74) is 0. The van der Waals surface area contributed by atoms with E-state index in [1.807, 2.05) is 0 Å². The second-order valence-corrected chi connectivity index (χ2v) is 9.34. The third-order valence-corrected chi connectivity index (χ3v) is 6.05. The molecule has 0 spiro atoms. The van der Waals surface area contributed by atoms with Gasteiger partial charge in [-0.25, -0.2) is 9.59 Å². The van der Waals surface area contributed by atoms with Gasteiger partial charge in [0.05, 0.1) is 12.5 Å². The topological polar surface area (TPSA) is 115 Å². The molecular formula is C26H47NO6. The summed E-state index contributed by atoms with van der Waals surface area (Å²) in [6.45, 7) is 0.797. The Bertz CT molecular complexity index is 520. The number of quaternary nitrogens is 1. The molecule has 0 aliphatic heterocycles. The quantitative estimate of drug-likeness (QED) is 0.122. The van der Waals surface area contributed by atoms with Crippen molar-refractivity contribution >= 4 is 17.9 Å². The van der Waals surface area contributed by atoms with Crippen LogP contribution < -0.4 is 5.11 Å². The summed E-state index contributed by atoms with van der Waals surface area (Å²) in [4.78, 5) is 33.3. The largest absolute Gasteiger partial charge is 0.544 e. The molecule has 2 N–H and O–H groups in total. The summed E-state index contributed by atoms with van der Waals surface area (Å²) in [6, 6.07) is 0. The first-order valence-electron chi connectivity index (χ1n) is 12.9. The SMILES string of the molecule is CCCCCCCCCCCCC/C=C/CCCCC[N+](CC(=O)[O-])(CC(=O)O)CC(=O)O. The lowest BCUT2D eigenvalue weighted by Crippen LogP contribution is -2.59. The van der Waals surface area contributed by atoms with E-state index in [2.05, 4.69) is 19.1 Å². The van der Waals surface area contributed by atoms with Crippen molar-refractivity contribution in [3.63, 3.8) is 0 Å². The van der Waals surface area contributed by atoms with Gasteiger partial charge in [-0.05, 0) is 38.5 Å². The number of hydrogen-bond acceptors (Lipinski definition) is 4. The Morgan fingerprint density at radius 1 is 0.636 bits per heavy atom. The Kier molecular flexibility index (Phi) is 19.5. The van der Waals surface area contributed by atoms with Crippen LogP contribution in [-0.4, -0.2) is 58.8 Å². The van der Waals surface area contributed by atoms with E-state index in [0.717, 1.165) is 25.7 Å². The average molecular weight is 470 g/mol. The normalized spacial score (nSPS) is 11.8.